The molecule has 0 aromatic rings. The summed E-state index contributed by atoms with van der Waals surface area (Å²) < 4.78 is 0. The van der Waals surface area contributed by atoms with E-state index in [0.717, 1.165) is 11.9 Å². The van der Waals surface area contributed by atoms with Crippen molar-refractivity contribution in [2.45, 2.75) is 19.1 Å². The highest BCUT2D eigenvalue weighted by Crippen LogP contribution is 2.03. The van der Waals surface area contributed by atoms with Gasteiger partial charge in [-0.05, 0) is 13.8 Å². The zero-order valence-electron chi connectivity index (χ0n) is 5.09. The Bertz CT molecular complexity index is 105. The van der Waals surface area contributed by atoms with Crippen molar-refractivity contribution in [3.05, 3.63) is 11.6 Å². The van der Waals surface area contributed by atoms with E-state index in [9.17, 15) is 4.79 Å². The van der Waals surface area contributed by atoms with Gasteiger partial charge in [0, 0.05) is 10.8 Å². The first-order valence-electron chi connectivity index (χ1n) is 2.51. The molecule has 0 spiro atoms. The van der Waals surface area contributed by atoms with E-state index in [4.69, 9.17) is 0 Å². The van der Waals surface area contributed by atoms with Crippen LogP contribution in [0.3, 0.4) is 0 Å². The monoisotopic (exact) mass is 130 g/mol. The fourth-order valence-electron chi connectivity index (χ4n) is 0.408. The fourth-order valence-corrected chi connectivity index (χ4v) is 0.618. The first-order valence-corrected chi connectivity index (χ1v) is 3.03. The third-order valence-corrected chi connectivity index (χ3v) is 1.25. The van der Waals surface area contributed by atoms with Crippen molar-refractivity contribution in [1.82, 2.24) is 0 Å². The summed E-state index contributed by atoms with van der Waals surface area (Å²) in [5.41, 5.74) is 0.744. The summed E-state index contributed by atoms with van der Waals surface area (Å²) in [6.07, 6.45) is 2.60. The maximum absolute atomic E-state index is 10.1. The molecule has 1 atom stereocenters. The maximum Gasteiger partial charge on any atom is 0.146 e. The van der Waals surface area contributed by atoms with E-state index in [1.807, 2.05) is 13.8 Å². The van der Waals surface area contributed by atoms with Gasteiger partial charge in [-0.2, -0.15) is 12.6 Å². The lowest BCUT2D eigenvalue weighted by Crippen LogP contribution is -1.96. The molecule has 1 unspecified atom stereocenters. The summed E-state index contributed by atoms with van der Waals surface area (Å²) >= 11 is 4.05. The molecule has 0 aliphatic heterocycles. The highest BCUT2D eigenvalue weighted by Gasteiger charge is 1.97. The van der Waals surface area contributed by atoms with Crippen LogP contribution >= 0.6 is 12.6 Å². The van der Waals surface area contributed by atoms with E-state index < -0.39 is 0 Å². The highest BCUT2D eigenvalue weighted by molar-refractivity contribution is 7.81. The molecule has 2 heteroatoms. The summed E-state index contributed by atoms with van der Waals surface area (Å²) in [4.78, 5) is 10.1. The topological polar surface area (TPSA) is 17.1 Å². The van der Waals surface area contributed by atoms with Crippen LogP contribution in [0.5, 0.6) is 0 Å². The Balaban J connectivity index is 3.91. The van der Waals surface area contributed by atoms with E-state index in [2.05, 4.69) is 12.6 Å². The molecular formula is C6H10OS. The summed E-state index contributed by atoms with van der Waals surface area (Å²) in [5.74, 6) is 0. The molecule has 46 valence electrons. The zero-order valence-corrected chi connectivity index (χ0v) is 5.98. The van der Waals surface area contributed by atoms with Crippen molar-refractivity contribution < 1.29 is 4.79 Å². The van der Waals surface area contributed by atoms with Crippen molar-refractivity contribution in [2.75, 3.05) is 0 Å². The average Bonchev–Trinajstić information content (AvgIpc) is 1.69. The fraction of sp³-hybridized carbons (Fsp3) is 0.500. The lowest BCUT2D eigenvalue weighted by molar-refractivity contribution is -0.104. The quantitative estimate of drug-likeness (QED) is 0.340. The Labute approximate surface area is 55.2 Å². The number of hydrogen-bond acceptors (Lipinski definition) is 2. The van der Waals surface area contributed by atoms with Gasteiger partial charge in [-0.25, -0.2) is 0 Å². The molecule has 0 aromatic carbocycles. The van der Waals surface area contributed by atoms with Crippen LogP contribution in [0.2, 0.25) is 0 Å². The summed E-state index contributed by atoms with van der Waals surface area (Å²) in [6.45, 7) is 3.70. The van der Waals surface area contributed by atoms with Crippen molar-refractivity contribution in [2.24, 2.45) is 0 Å². The van der Waals surface area contributed by atoms with Gasteiger partial charge in [0.1, 0.15) is 6.29 Å². The van der Waals surface area contributed by atoms with Crippen LogP contribution in [0.25, 0.3) is 0 Å². The van der Waals surface area contributed by atoms with E-state index in [1.165, 1.54) is 0 Å². The van der Waals surface area contributed by atoms with Gasteiger partial charge >= 0.3 is 0 Å². The second-order valence-corrected chi connectivity index (χ2v) is 2.36. The van der Waals surface area contributed by atoms with Crippen LogP contribution in [0, 0.1) is 0 Å². The molecule has 0 bridgehead atoms. The number of carbonyl (C=O) groups excluding carboxylic acids is 1. The van der Waals surface area contributed by atoms with Gasteiger partial charge in [0.15, 0.2) is 0 Å². The van der Waals surface area contributed by atoms with Gasteiger partial charge in [-0.3, -0.25) is 4.79 Å². The summed E-state index contributed by atoms with van der Waals surface area (Å²) in [7, 11) is 0. The van der Waals surface area contributed by atoms with Crippen LogP contribution in [0.15, 0.2) is 11.6 Å². The Morgan fingerprint density at radius 2 is 2.25 bits per heavy atom. The standard InChI is InChI=1S/C6H10OS/c1-3-6(4-7)5(2)8/h3-5,8H,1-2H3/b6-3-. The molecule has 1 nitrogen and oxygen atoms in total. The van der Waals surface area contributed by atoms with Crippen LogP contribution < -0.4 is 0 Å². The average molecular weight is 130 g/mol. The Hall–Kier alpha value is -0.240. The number of carbonyl (C=O) groups is 1. The number of aldehydes is 1. The first kappa shape index (κ1) is 7.76. The van der Waals surface area contributed by atoms with Gasteiger partial charge in [-0.1, -0.05) is 6.08 Å². The molecule has 0 radical (unpaired) electrons. The largest absolute Gasteiger partial charge is 0.298 e. The van der Waals surface area contributed by atoms with Crippen molar-refractivity contribution in [3.8, 4) is 0 Å². The lowest BCUT2D eigenvalue weighted by Gasteiger charge is -1.98. The summed E-state index contributed by atoms with van der Waals surface area (Å²) in [5, 5.41) is 0.0671. The number of allylic oxidation sites excluding steroid dienone is 1. The van der Waals surface area contributed by atoms with Gasteiger partial charge in [0.05, 0.1) is 0 Å². The molecule has 0 amide bonds. The second kappa shape index (κ2) is 3.72. The van der Waals surface area contributed by atoms with Crippen LogP contribution in [-0.4, -0.2) is 11.5 Å². The molecule has 8 heavy (non-hydrogen) atoms. The zero-order chi connectivity index (χ0) is 6.57. The number of thiol groups is 1. The third kappa shape index (κ3) is 2.17. The Morgan fingerprint density at radius 1 is 1.75 bits per heavy atom. The smallest absolute Gasteiger partial charge is 0.146 e. The van der Waals surface area contributed by atoms with E-state index >= 15 is 0 Å². The molecule has 0 aliphatic rings. The predicted octanol–water partition coefficient (Wildman–Crippen LogP) is 1.45. The Morgan fingerprint density at radius 3 is 2.25 bits per heavy atom. The molecule has 0 saturated carbocycles. The van der Waals surface area contributed by atoms with Crippen molar-refractivity contribution >= 4 is 18.9 Å². The van der Waals surface area contributed by atoms with Gasteiger partial charge in [0.2, 0.25) is 0 Å². The van der Waals surface area contributed by atoms with Crippen LogP contribution in [-0.2, 0) is 4.79 Å². The first-order chi connectivity index (χ1) is 3.72. The molecule has 0 heterocycles. The molecule has 0 aliphatic carbocycles. The van der Waals surface area contributed by atoms with E-state index in [0.29, 0.717) is 0 Å². The van der Waals surface area contributed by atoms with Gasteiger partial charge in [-0.15, -0.1) is 0 Å². The van der Waals surface area contributed by atoms with Crippen molar-refractivity contribution in [1.29, 1.82) is 0 Å². The maximum atomic E-state index is 10.1. The molecule has 0 N–H and O–H groups in total. The molecule has 0 aromatic heterocycles. The number of hydrogen-bond donors (Lipinski definition) is 1. The Kier molecular flexibility index (Phi) is 3.61. The molecule has 0 rings (SSSR count). The second-order valence-electron chi connectivity index (χ2n) is 1.58. The lowest BCUT2D eigenvalue weighted by atomic mass is 10.2. The van der Waals surface area contributed by atoms with Crippen molar-refractivity contribution in [3.63, 3.8) is 0 Å². The minimum atomic E-state index is 0.0671. The van der Waals surface area contributed by atoms with E-state index in [-0.39, 0.29) is 5.25 Å². The predicted molar refractivity (Wildman–Crippen MR) is 38.3 cm³/mol. The number of rotatable bonds is 2. The minimum Gasteiger partial charge on any atom is -0.298 e. The molecule has 0 fully saturated rings. The normalized spacial score (nSPS) is 15.6. The molecular weight excluding hydrogens is 120 g/mol. The highest BCUT2D eigenvalue weighted by atomic mass is 32.1. The molecule has 0 saturated heterocycles. The third-order valence-electron chi connectivity index (χ3n) is 0.952. The van der Waals surface area contributed by atoms with E-state index in [1.54, 1.807) is 6.08 Å². The van der Waals surface area contributed by atoms with Crippen LogP contribution in [0.1, 0.15) is 13.8 Å². The SMILES string of the molecule is C/C=C(/C=O)C(C)S. The minimum absolute atomic E-state index is 0.0671. The summed E-state index contributed by atoms with van der Waals surface area (Å²) in [6, 6.07) is 0. The van der Waals surface area contributed by atoms with Gasteiger partial charge < -0.3 is 0 Å². The van der Waals surface area contributed by atoms with Crippen LogP contribution in [0.4, 0.5) is 0 Å². The van der Waals surface area contributed by atoms with Gasteiger partial charge in [0.25, 0.3) is 0 Å².